The summed E-state index contributed by atoms with van der Waals surface area (Å²) in [5.74, 6) is 0. The number of aryl methyl sites for hydroxylation is 1. The van der Waals surface area contributed by atoms with Crippen LogP contribution in [-0.4, -0.2) is 16.1 Å². The Labute approximate surface area is 113 Å². The average Bonchev–Trinajstić information content (AvgIpc) is 2.88. The first kappa shape index (κ1) is 13.1. The van der Waals surface area contributed by atoms with Gasteiger partial charge in [0, 0.05) is 30.0 Å². The van der Waals surface area contributed by atoms with E-state index in [0.717, 1.165) is 24.5 Å². The Morgan fingerprint density at radius 3 is 2.78 bits per heavy atom. The number of nitrogens with one attached hydrogen (secondary N) is 1. The zero-order chi connectivity index (χ0) is 12.8. The fourth-order valence-corrected chi connectivity index (χ4v) is 1.99. The Kier molecular flexibility index (Phi) is 4.79. The van der Waals surface area contributed by atoms with E-state index in [0.29, 0.717) is 6.04 Å². The molecule has 0 saturated carbocycles. The summed E-state index contributed by atoms with van der Waals surface area (Å²) in [5.41, 5.74) is 1.27. The van der Waals surface area contributed by atoms with Crippen LogP contribution in [0.5, 0.6) is 0 Å². The van der Waals surface area contributed by atoms with Crippen LogP contribution in [0.25, 0.3) is 0 Å². The Balaban J connectivity index is 1.71. The van der Waals surface area contributed by atoms with E-state index >= 15 is 0 Å². The van der Waals surface area contributed by atoms with Crippen molar-refractivity contribution < 1.29 is 0 Å². The van der Waals surface area contributed by atoms with E-state index in [1.165, 1.54) is 5.56 Å². The van der Waals surface area contributed by atoms with Crippen molar-refractivity contribution in [3.05, 3.63) is 53.6 Å². The third-order valence-electron chi connectivity index (χ3n) is 2.97. The second kappa shape index (κ2) is 6.57. The summed E-state index contributed by atoms with van der Waals surface area (Å²) >= 11 is 5.87. The molecule has 0 saturated heterocycles. The van der Waals surface area contributed by atoms with Crippen LogP contribution in [0.1, 0.15) is 24.9 Å². The van der Waals surface area contributed by atoms with Crippen LogP contribution in [0.2, 0.25) is 5.02 Å². The second-order valence-corrected chi connectivity index (χ2v) is 4.82. The van der Waals surface area contributed by atoms with Gasteiger partial charge in [-0.25, -0.2) is 4.98 Å². The molecule has 3 nitrogen and oxygen atoms in total. The number of halogens is 1. The maximum absolute atomic E-state index is 5.87. The maximum atomic E-state index is 5.87. The van der Waals surface area contributed by atoms with Crippen LogP contribution in [0, 0.1) is 0 Å². The number of benzene rings is 1. The van der Waals surface area contributed by atoms with Crippen molar-refractivity contribution in [3.8, 4) is 0 Å². The topological polar surface area (TPSA) is 29.9 Å². The summed E-state index contributed by atoms with van der Waals surface area (Å²) in [6.07, 6.45) is 6.74. The van der Waals surface area contributed by atoms with Crippen LogP contribution in [0.4, 0.5) is 0 Å². The largest absolute Gasteiger partial charge is 0.337 e. The highest BCUT2D eigenvalue weighted by molar-refractivity contribution is 6.30. The molecule has 18 heavy (non-hydrogen) atoms. The minimum Gasteiger partial charge on any atom is -0.337 e. The molecular weight excluding hydrogens is 246 g/mol. The summed E-state index contributed by atoms with van der Waals surface area (Å²) in [6, 6.07) is 8.34. The minimum atomic E-state index is 0.352. The van der Waals surface area contributed by atoms with Gasteiger partial charge >= 0.3 is 0 Å². The van der Waals surface area contributed by atoms with Crippen LogP contribution in [0.15, 0.2) is 43.0 Å². The summed E-state index contributed by atoms with van der Waals surface area (Å²) in [4.78, 5) is 4.02. The molecule has 0 radical (unpaired) electrons. The Morgan fingerprint density at radius 1 is 1.33 bits per heavy atom. The van der Waals surface area contributed by atoms with Gasteiger partial charge in [-0.1, -0.05) is 23.7 Å². The van der Waals surface area contributed by atoms with Gasteiger partial charge < -0.3 is 9.88 Å². The monoisotopic (exact) mass is 263 g/mol. The summed E-state index contributed by atoms with van der Waals surface area (Å²) in [5, 5.41) is 4.29. The summed E-state index contributed by atoms with van der Waals surface area (Å²) < 4.78 is 2.09. The molecule has 1 aromatic heterocycles. The molecule has 0 bridgehead atoms. The van der Waals surface area contributed by atoms with E-state index in [9.17, 15) is 0 Å². The molecule has 0 aliphatic carbocycles. The standard InChI is InChI=1S/C14H18ClN3/c1-12(13-3-5-14(15)6-4-13)17-7-2-9-18-10-8-16-11-18/h3-6,8,10-12,17H,2,7,9H2,1H3/t12-/m1/s1. The van der Waals surface area contributed by atoms with Gasteiger partial charge in [-0.05, 0) is 37.6 Å². The molecule has 4 heteroatoms. The molecule has 2 aromatic rings. The lowest BCUT2D eigenvalue weighted by atomic mass is 10.1. The molecule has 2 rings (SSSR count). The number of aromatic nitrogens is 2. The van der Waals surface area contributed by atoms with Crippen molar-refractivity contribution in [1.29, 1.82) is 0 Å². The van der Waals surface area contributed by atoms with Crippen LogP contribution < -0.4 is 5.32 Å². The third-order valence-corrected chi connectivity index (χ3v) is 3.22. The molecule has 1 N–H and O–H groups in total. The molecule has 1 aromatic carbocycles. The number of imidazole rings is 1. The first-order valence-corrected chi connectivity index (χ1v) is 6.58. The quantitative estimate of drug-likeness (QED) is 0.811. The lowest BCUT2D eigenvalue weighted by molar-refractivity contribution is 0.526. The van der Waals surface area contributed by atoms with Crippen molar-refractivity contribution in [3.63, 3.8) is 0 Å². The molecule has 0 aliphatic heterocycles. The lowest BCUT2D eigenvalue weighted by Crippen LogP contribution is -2.20. The molecule has 1 atom stereocenters. The highest BCUT2D eigenvalue weighted by Crippen LogP contribution is 2.15. The van der Waals surface area contributed by atoms with E-state index in [4.69, 9.17) is 11.6 Å². The molecule has 0 amide bonds. The van der Waals surface area contributed by atoms with Gasteiger partial charge in [-0.2, -0.15) is 0 Å². The van der Waals surface area contributed by atoms with Gasteiger partial charge in [0.2, 0.25) is 0 Å². The Hall–Kier alpha value is -1.32. The van der Waals surface area contributed by atoms with Crippen LogP contribution in [-0.2, 0) is 6.54 Å². The van der Waals surface area contributed by atoms with Gasteiger partial charge in [0.15, 0.2) is 0 Å². The highest BCUT2D eigenvalue weighted by Gasteiger charge is 2.03. The van der Waals surface area contributed by atoms with E-state index in [1.54, 1.807) is 0 Å². The molecule has 0 aliphatic rings. The van der Waals surface area contributed by atoms with E-state index in [1.807, 2.05) is 30.9 Å². The molecule has 96 valence electrons. The number of hydrogen-bond donors (Lipinski definition) is 1. The van der Waals surface area contributed by atoms with Crippen LogP contribution in [0.3, 0.4) is 0 Å². The predicted molar refractivity (Wildman–Crippen MR) is 74.7 cm³/mol. The van der Waals surface area contributed by atoms with Crippen LogP contribution >= 0.6 is 11.6 Å². The average molecular weight is 264 g/mol. The minimum absolute atomic E-state index is 0.352. The van der Waals surface area contributed by atoms with E-state index in [-0.39, 0.29) is 0 Å². The predicted octanol–water partition coefficient (Wildman–Crippen LogP) is 3.28. The zero-order valence-electron chi connectivity index (χ0n) is 10.5. The number of hydrogen-bond acceptors (Lipinski definition) is 2. The fourth-order valence-electron chi connectivity index (χ4n) is 1.87. The van der Waals surface area contributed by atoms with Gasteiger partial charge in [-0.15, -0.1) is 0 Å². The van der Waals surface area contributed by atoms with Crippen molar-refractivity contribution in [2.24, 2.45) is 0 Å². The third kappa shape index (κ3) is 3.86. The Bertz CT molecular complexity index is 450. The van der Waals surface area contributed by atoms with Crippen molar-refractivity contribution in [2.45, 2.75) is 25.9 Å². The molecule has 0 fully saturated rings. The lowest BCUT2D eigenvalue weighted by Gasteiger charge is -2.14. The Morgan fingerprint density at radius 2 is 2.11 bits per heavy atom. The first-order valence-electron chi connectivity index (χ1n) is 6.20. The molecule has 0 spiro atoms. The SMILES string of the molecule is C[C@@H](NCCCn1ccnc1)c1ccc(Cl)cc1. The van der Waals surface area contributed by atoms with Gasteiger partial charge in [0.1, 0.15) is 0 Å². The fraction of sp³-hybridized carbons (Fsp3) is 0.357. The van der Waals surface area contributed by atoms with Gasteiger partial charge in [0.05, 0.1) is 6.33 Å². The summed E-state index contributed by atoms with van der Waals surface area (Å²) in [7, 11) is 0. The summed E-state index contributed by atoms with van der Waals surface area (Å²) in [6.45, 7) is 4.16. The zero-order valence-corrected chi connectivity index (χ0v) is 11.3. The molecule has 0 unspecified atom stereocenters. The molecular formula is C14H18ClN3. The normalized spacial score (nSPS) is 12.6. The maximum Gasteiger partial charge on any atom is 0.0945 e. The van der Waals surface area contributed by atoms with Crippen molar-refractivity contribution >= 4 is 11.6 Å². The van der Waals surface area contributed by atoms with Crippen molar-refractivity contribution in [2.75, 3.05) is 6.54 Å². The smallest absolute Gasteiger partial charge is 0.0945 e. The molecule has 1 heterocycles. The van der Waals surface area contributed by atoms with E-state index in [2.05, 4.69) is 33.9 Å². The number of rotatable bonds is 6. The van der Waals surface area contributed by atoms with Crippen molar-refractivity contribution in [1.82, 2.24) is 14.9 Å². The van der Waals surface area contributed by atoms with Gasteiger partial charge in [-0.3, -0.25) is 0 Å². The van der Waals surface area contributed by atoms with Gasteiger partial charge in [0.25, 0.3) is 0 Å². The van der Waals surface area contributed by atoms with E-state index < -0.39 is 0 Å². The highest BCUT2D eigenvalue weighted by atomic mass is 35.5. The first-order chi connectivity index (χ1) is 8.75. The second-order valence-electron chi connectivity index (χ2n) is 4.38. The number of nitrogens with zero attached hydrogens (tertiary/aromatic N) is 2.